The number of ether oxygens (including phenoxy) is 1. The number of sulfone groups is 1. The molecule has 0 saturated carbocycles. The van der Waals surface area contributed by atoms with Gasteiger partial charge in [0.15, 0.2) is 9.84 Å². The molecular weight excluding hydrogens is 338 g/mol. The highest BCUT2D eigenvalue weighted by molar-refractivity contribution is 7.91. The molecule has 1 heterocycles. The van der Waals surface area contributed by atoms with Crippen molar-refractivity contribution >= 4 is 9.84 Å². The van der Waals surface area contributed by atoms with Crippen molar-refractivity contribution in [3.8, 4) is 0 Å². The monoisotopic (exact) mass is 367 g/mol. The Labute approximate surface area is 150 Å². The van der Waals surface area contributed by atoms with Crippen molar-refractivity contribution in [3.63, 3.8) is 0 Å². The van der Waals surface area contributed by atoms with Gasteiger partial charge in [0.2, 0.25) is 0 Å². The summed E-state index contributed by atoms with van der Waals surface area (Å²) in [6, 6.07) is 6.93. The van der Waals surface area contributed by atoms with Crippen molar-refractivity contribution in [1.29, 1.82) is 0 Å². The maximum Gasteiger partial charge on any atom is 0.178 e. The molecular formula is C19H29NO4S. The average Bonchev–Trinajstić information content (AvgIpc) is 2.84. The third-order valence-corrected chi connectivity index (χ3v) is 6.87. The quantitative estimate of drug-likeness (QED) is 0.687. The SMILES string of the molecule is C=CC[C@@H]1O[C@H](C[C@H](O)CN)[C@H](C)[C@H]1CS(=O)(=O)c1ccc(C)cc1. The fourth-order valence-corrected chi connectivity index (χ4v) is 5.22. The average molecular weight is 368 g/mol. The van der Waals surface area contributed by atoms with E-state index in [0.717, 1.165) is 5.56 Å². The van der Waals surface area contributed by atoms with E-state index in [4.69, 9.17) is 10.5 Å². The number of rotatable bonds is 8. The summed E-state index contributed by atoms with van der Waals surface area (Å²) in [4.78, 5) is 0.341. The highest BCUT2D eigenvalue weighted by atomic mass is 32.2. The summed E-state index contributed by atoms with van der Waals surface area (Å²) in [6.07, 6.45) is 1.73. The van der Waals surface area contributed by atoms with Gasteiger partial charge in [0, 0.05) is 18.9 Å². The van der Waals surface area contributed by atoms with Crippen LogP contribution in [0.1, 0.15) is 25.3 Å². The van der Waals surface area contributed by atoms with Crippen LogP contribution in [0.15, 0.2) is 41.8 Å². The van der Waals surface area contributed by atoms with Crippen LogP contribution in [0.4, 0.5) is 0 Å². The Balaban J connectivity index is 2.19. The molecule has 3 N–H and O–H groups in total. The molecule has 5 nitrogen and oxygen atoms in total. The van der Waals surface area contributed by atoms with Crippen LogP contribution in [0.5, 0.6) is 0 Å². The van der Waals surface area contributed by atoms with Crippen LogP contribution in [0, 0.1) is 18.8 Å². The molecule has 0 amide bonds. The zero-order chi connectivity index (χ0) is 18.6. The minimum Gasteiger partial charge on any atom is -0.392 e. The van der Waals surface area contributed by atoms with Gasteiger partial charge in [-0.25, -0.2) is 8.42 Å². The molecule has 0 unspecified atom stereocenters. The summed E-state index contributed by atoms with van der Waals surface area (Å²) in [6.45, 7) is 7.84. The van der Waals surface area contributed by atoms with Crippen molar-refractivity contribution in [2.45, 2.75) is 49.9 Å². The maximum absolute atomic E-state index is 12.8. The Morgan fingerprint density at radius 3 is 2.52 bits per heavy atom. The molecule has 0 spiro atoms. The number of aliphatic hydroxyl groups is 1. The molecule has 2 rings (SSSR count). The van der Waals surface area contributed by atoms with Crippen LogP contribution < -0.4 is 5.73 Å². The molecule has 0 aromatic heterocycles. The van der Waals surface area contributed by atoms with E-state index in [0.29, 0.717) is 17.7 Å². The van der Waals surface area contributed by atoms with Gasteiger partial charge < -0.3 is 15.6 Å². The van der Waals surface area contributed by atoms with Gasteiger partial charge >= 0.3 is 0 Å². The molecule has 5 atom stereocenters. The first kappa shape index (κ1) is 20.1. The molecule has 1 aromatic carbocycles. The molecule has 1 aliphatic heterocycles. The molecule has 6 heteroatoms. The lowest BCUT2D eigenvalue weighted by Gasteiger charge is -2.21. The fourth-order valence-electron chi connectivity index (χ4n) is 3.45. The van der Waals surface area contributed by atoms with Crippen LogP contribution >= 0.6 is 0 Å². The van der Waals surface area contributed by atoms with Crippen LogP contribution in [0.3, 0.4) is 0 Å². The Morgan fingerprint density at radius 1 is 1.32 bits per heavy atom. The summed E-state index contributed by atoms with van der Waals surface area (Å²) in [7, 11) is -3.40. The number of hydrogen-bond donors (Lipinski definition) is 2. The molecule has 140 valence electrons. The second kappa shape index (κ2) is 8.45. The van der Waals surface area contributed by atoms with Crippen LogP contribution in [-0.2, 0) is 14.6 Å². The summed E-state index contributed by atoms with van der Waals surface area (Å²) in [5, 5.41) is 9.83. The second-order valence-corrected chi connectivity index (χ2v) is 9.01. The highest BCUT2D eigenvalue weighted by Crippen LogP contribution is 2.38. The molecule has 1 saturated heterocycles. The van der Waals surface area contributed by atoms with E-state index in [9.17, 15) is 13.5 Å². The lowest BCUT2D eigenvalue weighted by Crippen LogP contribution is -2.30. The lowest BCUT2D eigenvalue weighted by atomic mass is 9.87. The molecule has 0 aliphatic carbocycles. The van der Waals surface area contributed by atoms with Gasteiger partial charge in [0.25, 0.3) is 0 Å². The van der Waals surface area contributed by atoms with E-state index >= 15 is 0 Å². The van der Waals surface area contributed by atoms with Gasteiger partial charge in [0.05, 0.1) is 29.0 Å². The number of aryl methyl sites for hydroxylation is 1. The molecule has 0 bridgehead atoms. The van der Waals surface area contributed by atoms with Gasteiger partial charge in [-0.1, -0.05) is 30.7 Å². The van der Waals surface area contributed by atoms with Crippen LogP contribution in [0.25, 0.3) is 0 Å². The fraction of sp³-hybridized carbons (Fsp3) is 0.579. The lowest BCUT2D eigenvalue weighted by molar-refractivity contribution is 0.00350. The normalized spacial score (nSPS) is 28.0. The van der Waals surface area contributed by atoms with E-state index < -0.39 is 15.9 Å². The number of benzene rings is 1. The first-order valence-corrected chi connectivity index (χ1v) is 10.4. The third-order valence-electron chi connectivity index (χ3n) is 5.06. The first-order chi connectivity index (χ1) is 11.8. The van der Waals surface area contributed by atoms with Crippen molar-refractivity contribution in [2.24, 2.45) is 17.6 Å². The van der Waals surface area contributed by atoms with E-state index in [2.05, 4.69) is 6.58 Å². The Morgan fingerprint density at radius 2 is 1.96 bits per heavy atom. The minimum atomic E-state index is -3.40. The number of nitrogens with two attached hydrogens (primary N) is 1. The Hall–Kier alpha value is -1.21. The van der Waals surface area contributed by atoms with Gasteiger partial charge in [-0.2, -0.15) is 0 Å². The summed E-state index contributed by atoms with van der Waals surface area (Å²) in [5.41, 5.74) is 6.52. The summed E-state index contributed by atoms with van der Waals surface area (Å²) < 4.78 is 31.7. The zero-order valence-electron chi connectivity index (χ0n) is 15.0. The molecule has 1 aromatic rings. The second-order valence-electron chi connectivity index (χ2n) is 6.98. The van der Waals surface area contributed by atoms with Crippen molar-refractivity contribution in [1.82, 2.24) is 0 Å². The standard InChI is InChI=1S/C19H29NO4S/c1-4-5-18-17(14(3)19(24-18)10-15(21)11-20)12-25(22,23)16-8-6-13(2)7-9-16/h4,6-9,14-15,17-19,21H,1,5,10-12,20H2,2-3H3/t14-,15+,17-,18+,19-/m1/s1. The highest BCUT2D eigenvalue weighted by Gasteiger charge is 2.43. The van der Waals surface area contributed by atoms with E-state index in [-0.39, 0.29) is 36.3 Å². The van der Waals surface area contributed by atoms with E-state index in [1.165, 1.54) is 0 Å². The van der Waals surface area contributed by atoms with Gasteiger partial charge in [0.1, 0.15) is 0 Å². The van der Waals surface area contributed by atoms with E-state index in [1.54, 1.807) is 18.2 Å². The van der Waals surface area contributed by atoms with Crippen molar-refractivity contribution < 1.29 is 18.3 Å². The predicted molar refractivity (Wildman–Crippen MR) is 99.0 cm³/mol. The van der Waals surface area contributed by atoms with Gasteiger partial charge in [-0.3, -0.25) is 0 Å². The minimum absolute atomic E-state index is 0.0198. The smallest absolute Gasteiger partial charge is 0.178 e. The molecule has 25 heavy (non-hydrogen) atoms. The van der Waals surface area contributed by atoms with Gasteiger partial charge in [-0.15, -0.1) is 6.58 Å². The van der Waals surface area contributed by atoms with Gasteiger partial charge in [-0.05, 0) is 31.4 Å². The van der Waals surface area contributed by atoms with Crippen LogP contribution in [-0.4, -0.2) is 44.1 Å². The maximum atomic E-state index is 12.8. The van der Waals surface area contributed by atoms with Crippen molar-refractivity contribution in [2.75, 3.05) is 12.3 Å². The number of hydrogen-bond acceptors (Lipinski definition) is 5. The van der Waals surface area contributed by atoms with Crippen LogP contribution in [0.2, 0.25) is 0 Å². The predicted octanol–water partition coefficient (Wildman–Crippen LogP) is 2.07. The van der Waals surface area contributed by atoms with E-state index in [1.807, 2.05) is 26.0 Å². The zero-order valence-corrected chi connectivity index (χ0v) is 15.8. The Kier molecular flexibility index (Phi) is 6.79. The molecule has 1 aliphatic rings. The third kappa shape index (κ3) is 4.91. The first-order valence-electron chi connectivity index (χ1n) is 8.72. The summed E-state index contributed by atoms with van der Waals surface area (Å²) >= 11 is 0. The topological polar surface area (TPSA) is 89.6 Å². The summed E-state index contributed by atoms with van der Waals surface area (Å²) in [5.74, 6) is -0.0871. The Bertz CT molecular complexity index is 671. The van der Waals surface area contributed by atoms with Crippen molar-refractivity contribution in [3.05, 3.63) is 42.5 Å². The molecule has 1 fully saturated rings. The number of aliphatic hydroxyl groups excluding tert-OH is 1. The molecule has 0 radical (unpaired) electrons. The largest absolute Gasteiger partial charge is 0.392 e.